The Hall–Kier alpha value is -0.860. The normalized spacial score (nSPS) is 23.2. The molecule has 1 aromatic carbocycles. The van der Waals surface area contributed by atoms with E-state index < -0.39 is 0 Å². The van der Waals surface area contributed by atoms with Crippen molar-refractivity contribution < 1.29 is 0 Å². The van der Waals surface area contributed by atoms with Crippen molar-refractivity contribution in [3.63, 3.8) is 0 Å². The molecule has 0 fully saturated rings. The highest BCUT2D eigenvalue weighted by atomic mass is 15.5. The number of aryl methyl sites for hydroxylation is 1. The Bertz CT molecular complexity index is 369. The Kier molecular flexibility index (Phi) is 3.04. The van der Waals surface area contributed by atoms with E-state index in [0.717, 1.165) is 0 Å². The van der Waals surface area contributed by atoms with Gasteiger partial charge in [0.05, 0.1) is 6.04 Å². The van der Waals surface area contributed by atoms with Crippen LogP contribution in [0.5, 0.6) is 0 Å². The van der Waals surface area contributed by atoms with Gasteiger partial charge in [0.25, 0.3) is 0 Å². The summed E-state index contributed by atoms with van der Waals surface area (Å²) in [5.74, 6) is 0. The van der Waals surface area contributed by atoms with Gasteiger partial charge in [-0.2, -0.15) is 0 Å². The molecule has 16 heavy (non-hydrogen) atoms. The smallest absolute Gasteiger partial charge is 0.0518 e. The lowest BCUT2D eigenvalue weighted by molar-refractivity contribution is 0.125. The first kappa shape index (κ1) is 11.6. The molecule has 0 radical (unpaired) electrons. The summed E-state index contributed by atoms with van der Waals surface area (Å²) in [7, 11) is 4.13. The number of nitrogens with one attached hydrogen (secondary N) is 1. The molecule has 0 amide bonds. The summed E-state index contributed by atoms with van der Waals surface area (Å²) >= 11 is 0. The number of hydrogen-bond donors (Lipinski definition) is 1. The monoisotopic (exact) mass is 218 g/mol. The second-order valence-corrected chi connectivity index (χ2v) is 5.64. The molecule has 0 heterocycles. The van der Waals surface area contributed by atoms with Crippen LogP contribution >= 0.6 is 0 Å². The summed E-state index contributed by atoms with van der Waals surface area (Å²) in [6.07, 6.45) is 2.45. The number of rotatable bonds is 2. The van der Waals surface area contributed by atoms with Gasteiger partial charge in [-0.15, -0.1) is 0 Å². The number of benzene rings is 1. The molecule has 2 heteroatoms. The van der Waals surface area contributed by atoms with E-state index in [1.807, 2.05) is 0 Å². The molecule has 1 unspecified atom stereocenters. The Morgan fingerprint density at radius 1 is 1.25 bits per heavy atom. The molecule has 1 aliphatic carbocycles. The lowest BCUT2D eigenvalue weighted by Gasteiger charge is -2.42. The molecule has 0 saturated carbocycles. The van der Waals surface area contributed by atoms with E-state index in [1.54, 1.807) is 0 Å². The largest absolute Gasteiger partial charge is 0.250 e. The van der Waals surface area contributed by atoms with E-state index in [2.05, 4.69) is 62.6 Å². The van der Waals surface area contributed by atoms with Crippen LogP contribution in [0.15, 0.2) is 24.3 Å². The SMILES string of the molecule is CN(C)NC1c2ccccc2CCC1(C)C. The first-order valence-electron chi connectivity index (χ1n) is 6.02. The zero-order chi connectivity index (χ0) is 11.8. The molecule has 88 valence electrons. The summed E-state index contributed by atoms with van der Waals surface area (Å²) in [6.45, 7) is 4.70. The van der Waals surface area contributed by atoms with Crippen LogP contribution in [0.4, 0.5) is 0 Å². The summed E-state index contributed by atoms with van der Waals surface area (Å²) in [5, 5.41) is 2.06. The maximum Gasteiger partial charge on any atom is 0.0518 e. The molecule has 2 rings (SSSR count). The van der Waals surface area contributed by atoms with E-state index in [9.17, 15) is 0 Å². The van der Waals surface area contributed by atoms with Crippen molar-refractivity contribution in [2.45, 2.75) is 32.7 Å². The van der Waals surface area contributed by atoms with Crippen LogP contribution in [0.25, 0.3) is 0 Å². The molecule has 0 spiro atoms. The number of nitrogens with zero attached hydrogens (tertiary/aromatic N) is 1. The summed E-state index contributed by atoms with van der Waals surface area (Å²) in [6, 6.07) is 9.23. The molecular weight excluding hydrogens is 196 g/mol. The van der Waals surface area contributed by atoms with E-state index in [-0.39, 0.29) is 0 Å². The highest BCUT2D eigenvalue weighted by molar-refractivity contribution is 5.34. The second kappa shape index (κ2) is 4.19. The molecule has 0 aromatic heterocycles. The molecule has 1 aliphatic rings. The lowest BCUT2D eigenvalue weighted by atomic mass is 9.70. The van der Waals surface area contributed by atoms with Crippen LogP contribution in [0, 0.1) is 5.41 Å². The zero-order valence-corrected chi connectivity index (χ0v) is 10.7. The van der Waals surface area contributed by atoms with Gasteiger partial charge in [0, 0.05) is 14.1 Å². The average Bonchev–Trinajstić information content (AvgIpc) is 2.22. The molecule has 1 atom stereocenters. The van der Waals surface area contributed by atoms with Crippen molar-refractivity contribution in [1.29, 1.82) is 0 Å². The predicted octanol–water partition coefficient (Wildman–Crippen LogP) is 2.77. The van der Waals surface area contributed by atoms with Gasteiger partial charge < -0.3 is 0 Å². The Balaban J connectivity index is 2.37. The topological polar surface area (TPSA) is 15.3 Å². The lowest BCUT2D eigenvalue weighted by Crippen LogP contribution is -2.44. The molecule has 1 aromatic rings. The van der Waals surface area contributed by atoms with Crippen LogP contribution in [-0.4, -0.2) is 19.1 Å². The maximum atomic E-state index is 3.56. The minimum absolute atomic E-state index is 0.318. The van der Waals surface area contributed by atoms with E-state index in [4.69, 9.17) is 0 Å². The van der Waals surface area contributed by atoms with Crippen molar-refractivity contribution in [3.05, 3.63) is 35.4 Å². The van der Waals surface area contributed by atoms with Crippen molar-refractivity contribution in [3.8, 4) is 0 Å². The predicted molar refractivity (Wildman–Crippen MR) is 68.1 cm³/mol. The van der Waals surface area contributed by atoms with Gasteiger partial charge >= 0.3 is 0 Å². The number of hydrazine groups is 1. The van der Waals surface area contributed by atoms with Crippen molar-refractivity contribution >= 4 is 0 Å². The molecule has 2 nitrogen and oxygen atoms in total. The van der Waals surface area contributed by atoms with Gasteiger partial charge in [-0.25, -0.2) is 5.43 Å². The number of hydrogen-bond acceptors (Lipinski definition) is 2. The van der Waals surface area contributed by atoms with Crippen LogP contribution in [0.3, 0.4) is 0 Å². The molecular formula is C14H22N2. The highest BCUT2D eigenvalue weighted by Gasteiger charge is 2.35. The van der Waals surface area contributed by atoms with Crippen LogP contribution in [0.2, 0.25) is 0 Å². The minimum atomic E-state index is 0.318. The second-order valence-electron chi connectivity index (χ2n) is 5.64. The molecule has 0 bridgehead atoms. The van der Waals surface area contributed by atoms with Crippen LogP contribution in [0.1, 0.15) is 37.4 Å². The van der Waals surface area contributed by atoms with Crippen molar-refractivity contribution in [2.24, 2.45) is 5.41 Å². The van der Waals surface area contributed by atoms with Gasteiger partial charge in [-0.3, -0.25) is 5.01 Å². The van der Waals surface area contributed by atoms with Gasteiger partial charge in [0.1, 0.15) is 0 Å². The first-order chi connectivity index (χ1) is 7.50. The van der Waals surface area contributed by atoms with Gasteiger partial charge in [-0.1, -0.05) is 38.1 Å². The minimum Gasteiger partial charge on any atom is -0.250 e. The van der Waals surface area contributed by atoms with Gasteiger partial charge in [0.2, 0.25) is 0 Å². The third kappa shape index (κ3) is 2.13. The fourth-order valence-corrected chi connectivity index (χ4v) is 2.57. The Morgan fingerprint density at radius 2 is 1.94 bits per heavy atom. The van der Waals surface area contributed by atoms with E-state index in [0.29, 0.717) is 11.5 Å². The third-order valence-electron chi connectivity index (χ3n) is 3.57. The highest BCUT2D eigenvalue weighted by Crippen LogP contribution is 2.43. The van der Waals surface area contributed by atoms with Crippen molar-refractivity contribution in [2.75, 3.05) is 14.1 Å². The first-order valence-corrected chi connectivity index (χ1v) is 6.02. The fourth-order valence-electron chi connectivity index (χ4n) is 2.57. The van der Waals surface area contributed by atoms with Crippen LogP contribution < -0.4 is 5.43 Å². The van der Waals surface area contributed by atoms with E-state index >= 15 is 0 Å². The summed E-state index contributed by atoms with van der Waals surface area (Å²) < 4.78 is 0. The Morgan fingerprint density at radius 3 is 2.62 bits per heavy atom. The fraction of sp³-hybridized carbons (Fsp3) is 0.571. The average molecular weight is 218 g/mol. The summed E-state index contributed by atoms with van der Waals surface area (Å²) in [4.78, 5) is 0. The molecule has 0 saturated heterocycles. The van der Waals surface area contributed by atoms with Gasteiger partial charge in [-0.05, 0) is 29.4 Å². The zero-order valence-electron chi connectivity index (χ0n) is 10.7. The molecule has 1 N–H and O–H groups in total. The van der Waals surface area contributed by atoms with E-state index in [1.165, 1.54) is 24.0 Å². The Labute approximate surface area is 98.6 Å². The number of fused-ring (bicyclic) bond motifs is 1. The van der Waals surface area contributed by atoms with Crippen molar-refractivity contribution in [1.82, 2.24) is 10.4 Å². The quantitative estimate of drug-likeness (QED) is 0.768. The standard InChI is InChI=1S/C14H22N2/c1-14(2)10-9-11-7-5-6-8-12(11)13(14)15-16(3)4/h5-8,13,15H,9-10H2,1-4H3. The third-order valence-corrected chi connectivity index (χ3v) is 3.57. The molecule has 0 aliphatic heterocycles. The van der Waals surface area contributed by atoms with Crippen LogP contribution in [-0.2, 0) is 6.42 Å². The maximum absolute atomic E-state index is 3.56. The van der Waals surface area contributed by atoms with Gasteiger partial charge in [0.15, 0.2) is 0 Å². The summed E-state index contributed by atoms with van der Waals surface area (Å²) in [5.41, 5.74) is 6.85.